The highest BCUT2D eigenvalue weighted by molar-refractivity contribution is 5.93. The largest absolute Gasteiger partial charge is 0.490 e. The molecule has 1 amide bonds. The van der Waals surface area contributed by atoms with Crippen LogP contribution >= 0.6 is 0 Å². The van der Waals surface area contributed by atoms with Crippen LogP contribution in [-0.4, -0.2) is 24.0 Å². The Labute approximate surface area is 117 Å². The summed E-state index contributed by atoms with van der Waals surface area (Å²) in [5, 5.41) is 3.26. The number of amides is 1. The highest BCUT2D eigenvalue weighted by Gasteiger charge is 2.09. The Bertz CT molecular complexity index is 558. The maximum Gasteiger partial charge on any atom is 0.271 e. The molecule has 0 radical (unpaired) electrons. The molecule has 5 nitrogen and oxygen atoms in total. The number of benzene rings is 1. The normalized spacial score (nSPS) is 10.2. The van der Waals surface area contributed by atoms with E-state index in [9.17, 15) is 4.79 Å². The van der Waals surface area contributed by atoms with Gasteiger partial charge in [0.1, 0.15) is 6.61 Å². The first-order valence-corrected chi connectivity index (χ1v) is 6.39. The number of ether oxygens (including phenoxy) is 1. The van der Waals surface area contributed by atoms with Crippen LogP contribution in [0.1, 0.15) is 16.1 Å². The number of carbonyl (C=O) groups excluding carboxylic acids is 1. The molecule has 0 bridgehead atoms. The highest BCUT2D eigenvalue weighted by atomic mass is 16.5. The number of hydrogen-bond acceptors (Lipinski definition) is 4. The maximum atomic E-state index is 11.2. The van der Waals surface area contributed by atoms with E-state index in [1.807, 2.05) is 18.2 Å². The molecule has 0 spiro atoms. The van der Waals surface area contributed by atoms with Gasteiger partial charge < -0.3 is 15.8 Å². The summed E-state index contributed by atoms with van der Waals surface area (Å²) in [6.45, 7) is 1.89. The van der Waals surface area contributed by atoms with E-state index >= 15 is 0 Å². The second kappa shape index (κ2) is 7.25. The maximum absolute atomic E-state index is 11.2. The van der Waals surface area contributed by atoms with Crippen LogP contribution in [0.5, 0.6) is 5.75 Å². The third-order valence-electron chi connectivity index (χ3n) is 2.71. The van der Waals surface area contributed by atoms with Crippen molar-refractivity contribution in [3.05, 3.63) is 59.9 Å². The van der Waals surface area contributed by atoms with Crippen molar-refractivity contribution in [3.63, 3.8) is 0 Å². The molecule has 0 saturated carbocycles. The number of pyridine rings is 1. The van der Waals surface area contributed by atoms with E-state index in [2.05, 4.69) is 22.4 Å². The Hall–Kier alpha value is -2.40. The number of rotatable bonds is 7. The van der Waals surface area contributed by atoms with Crippen molar-refractivity contribution >= 4 is 5.91 Å². The Morgan fingerprint density at radius 1 is 1.20 bits per heavy atom. The number of nitrogens with two attached hydrogens (primary N) is 1. The first-order chi connectivity index (χ1) is 9.77. The van der Waals surface area contributed by atoms with Crippen molar-refractivity contribution in [1.82, 2.24) is 10.3 Å². The molecule has 0 aliphatic heterocycles. The Kier molecular flexibility index (Phi) is 5.08. The molecule has 2 aromatic rings. The Morgan fingerprint density at radius 2 is 2.00 bits per heavy atom. The molecule has 3 N–H and O–H groups in total. The molecule has 20 heavy (non-hydrogen) atoms. The van der Waals surface area contributed by atoms with Gasteiger partial charge in [0.2, 0.25) is 0 Å². The first kappa shape index (κ1) is 14.0. The molecule has 0 unspecified atom stereocenters. The summed E-state index contributed by atoms with van der Waals surface area (Å²) in [5.74, 6) is -0.167. The molecule has 2 rings (SSSR count). The molecule has 5 heteroatoms. The monoisotopic (exact) mass is 271 g/mol. The van der Waals surface area contributed by atoms with E-state index in [1.54, 1.807) is 12.1 Å². The van der Waals surface area contributed by atoms with Gasteiger partial charge in [0, 0.05) is 19.3 Å². The lowest BCUT2D eigenvalue weighted by Gasteiger charge is -2.09. The molecule has 0 aliphatic carbocycles. The van der Waals surface area contributed by atoms with E-state index in [-0.39, 0.29) is 5.69 Å². The molecule has 104 valence electrons. The molecule has 1 aromatic heterocycles. The zero-order valence-corrected chi connectivity index (χ0v) is 11.1. The lowest BCUT2D eigenvalue weighted by atomic mass is 10.2. The highest BCUT2D eigenvalue weighted by Crippen LogP contribution is 2.13. The first-order valence-electron chi connectivity index (χ1n) is 6.39. The number of aromatic nitrogens is 1. The average Bonchev–Trinajstić information content (AvgIpc) is 2.48. The summed E-state index contributed by atoms with van der Waals surface area (Å²) in [5.41, 5.74) is 6.60. The van der Waals surface area contributed by atoms with E-state index in [1.165, 1.54) is 11.8 Å². The number of nitrogens with zero attached hydrogens (tertiary/aromatic N) is 1. The van der Waals surface area contributed by atoms with Crippen molar-refractivity contribution in [2.45, 2.75) is 6.54 Å². The van der Waals surface area contributed by atoms with Crippen LogP contribution in [0.25, 0.3) is 0 Å². The van der Waals surface area contributed by atoms with Crippen LogP contribution in [0, 0.1) is 0 Å². The van der Waals surface area contributed by atoms with Crippen LogP contribution in [0.2, 0.25) is 0 Å². The summed E-state index contributed by atoms with van der Waals surface area (Å²) in [7, 11) is 0. The Balaban J connectivity index is 1.75. The van der Waals surface area contributed by atoms with E-state index in [4.69, 9.17) is 10.5 Å². The smallest absolute Gasteiger partial charge is 0.271 e. The minimum absolute atomic E-state index is 0.163. The number of carbonyl (C=O) groups is 1. The van der Waals surface area contributed by atoms with Gasteiger partial charge in [-0.25, -0.2) is 4.98 Å². The summed E-state index contributed by atoms with van der Waals surface area (Å²) < 4.78 is 5.51. The minimum atomic E-state index is -0.585. The summed E-state index contributed by atoms with van der Waals surface area (Å²) in [6.07, 6.45) is 1.51. The van der Waals surface area contributed by atoms with Gasteiger partial charge in [0.05, 0.1) is 0 Å². The molecule has 0 atom stereocenters. The lowest BCUT2D eigenvalue weighted by Crippen LogP contribution is -2.22. The Morgan fingerprint density at radius 3 is 2.75 bits per heavy atom. The average molecular weight is 271 g/mol. The van der Waals surface area contributed by atoms with E-state index in [0.29, 0.717) is 18.9 Å². The van der Waals surface area contributed by atoms with Gasteiger partial charge in [-0.15, -0.1) is 0 Å². The second-order valence-corrected chi connectivity index (χ2v) is 4.23. The van der Waals surface area contributed by atoms with Crippen LogP contribution in [-0.2, 0) is 6.54 Å². The standard InChI is InChI=1S/C15H17N3O2/c16-15(19)14-13(7-4-8-18-14)20-10-9-17-11-12-5-2-1-3-6-12/h1-8,17H,9-11H2,(H2,16,19). The summed E-state index contributed by atoms with van der Waals surface area (Å²) >= 11 is 0. The quantitative estimate of drug-likeness (QED) is 0.745. The minimum Gasteiger partial charge on any atom is -0.490 e. The third-order valence-corrected chi connectivity index (χ3v) is 2.71. The molecular weight excluding hydrogens is 254 g/mol. The van der Waals surface area contributed by atoms with Crippen molar-refractivity contribution in [2.24, 2.45) is 5.73 Å². The molecule has 0 saturated heterocycles. The van der Waals surface area contributed by atoms with Gasteiger partial charge in [-0.1, -0.05) is 30.3 Å². The van der Waals surface area contributed by atoms with E-state index < -0.39 is 5.91 Å². The number of primary amides is 1. The molecular formula is C15H17N3O2. The molecule has 1 aromatic carbocycles. The van der Waals surface area contributed by atoms with Gasteiger partial charge in [0.15, 0.2) is 11.4 Å². The predicted octanol–water partition coefficient (Wildman–Crippen LogP) is 1.35. The van der Waals surface area contributed by atoms with E-state index in [0.717, 1.165) is 6.54 Å². The zero-order valence-electron chi connectivity index (χ0n) is 11.1. The molecule has 1 heterocycles. The summed E-state index contributed by atoms with van der Waals surface area (Å²) in [6, 6.07) is 13.5. The zero-order chi connectivity index (χ0) is 14.2. The van der Waals surface area contributed by atoms with Crippen molar-refractivity contribution < 1.29 is 9.53 Å². The van der Waals surface area contributed by atoms with Crippen LogP contribution in [0.15, 0.2) is 48.7 Å². The second-order valence-electron chi connectivity index (χ2n) is 4.23. The third kappa shape index (κ3) is 4.07. The van der Waals surface area contributed by atoms with Gasteiger partial charge in [-0.2, -0.15) is 0 Å². The van der Waals surface area contributed by atoms with Gasteiger partial charge in [0.25, 0.3) is 5.91 Å². The lowest BCUT2D eigenvalue weighted by molar-refractivity contribution is 0.0991. The van der Waals surface area contributed by atoms with Crippen LogP contribution in [0.4, 0.5) is 0 Å². The fourth-order valence-corrected chi connectivity index (χ4v) is 1.75. The van der Waals surface area contributed by atoms with Gasteiger partial charge in [-0.3, -0.25) is 4.79 Å². The fourth-order valence-electron chi connectivity index (χ4n) is 1.75. The van der Waals surface area contributed by atoms with Crippen molar-refractivity contribution in [1.29, 1.82) is 0 Å². The number of nitrogens with one attached hydrogen (secondary N) is 1. The van der Waals surface area contributed by atoms with Crippen LogP contribution in [0.3, 0.4) is 0 Å². The molecule has 0 aliphatic rings. The van der Waals surface area contributed by atoms with Crippen molar-refractivity contribution in [3.8, 4) is 5.75 Å². The fraction of sp³-hybridized carbons (Fsp3) is 0.200. The predicted molar refractivity (Wildman–Crippen MR) is 76.4 cm³/mol. The number of hydrogen-bond donors (Lipinski definition) is 2. The SMILES string of the molecule is NC(=O)c1ncccc1OCCNCc1ccccc1. The van der Waals surface area contributed by atoms with Crippen LogP contribution < -0.4 is 15.8 Å². The van der Waals surface area contributed by atoms with Gasteiger partial charge in [-0.05, 0) is 17.7 Å². The van der Waals surface area contributed by atoms with Gasteiger partial charge >= 0.3 is 0 Å². The topological polar surface area (TPSA) is 77.2 Å². The summed E-state index contributed by atoms with van der Waals surface area (Å²) in [4.78, 5) is 15.1. The molecule has 0 fully saturated rings. The van der Waals surface area contributed by atoms with Crippen molar-refractivity contribution in [2.75, 3.05) is 13.2 Å².